The molecule has 1 N–H and O–H groups in total. The third-order valence-electron chi connectivity index (χ3n) is 7.17. The van der Waals surface area contributed by atoms with E-state index >= 15 is 0 Å². The number of carbonyl (C=O) groups is 3. The summed E-state index contributed by atoms with van der Waals surface area (Å²) in [5.41, 5.74) is 1.45. The molecule has 2 aromatic heterocycles. The number of rotatable bonds is 4. The Morgan fingerprint density at radius 3 is 2.44 bits per heavy atom. The Balaban J connectivity index is 1.44. The molecule has 2 amide bonds. The van der Waals surface area contributed by atoms with E-state index in [1.165, 1.54) is 49.4 Å². The maximum Gasteiger partial charge on any atom is 0.271 e. The Hall–Kier alpha value is -5.05. The van der Waals surface area contributed by atoms with Crippen molar-refractivity contribution >= 4 is 50.9 Å². The number of hydrogen-bond acceptors (Lipinski definition) is 5. The molecule has 5 aromatic rings. The second kappa shape index (κ2) is 8.76. The van der Waals surface area contributed by atoms with Crippen LogP contribution in [-0.2, 0) is 10.3 Å². The number of anilines is 2. The van der Waals surface area contributed by atoms with Crippen LogP contribution in [0.2, 0.25) is 0 Å². The van der Waals surface area contributed by atoms with Crippen molar-refractivity contribution in [3.05, 3.63) is 96.1 Å². The fourth-order valence-corrected chi connectivity index (χ4v) is 5.28. The summed E-state index contributed by atoms with van der Waals surface area (Å²) in [5, 5.41) is 4.39. The molecular weight excluding hydrogens is 499 g/mol. The Bertz CT molecular complexity index is 1830. The van der Waals surface area contributed by atoms with Crippen LogP contribution >= 0.6 is 0 Å². The van der Waals surface area contributed by atoms with Gasteiger partial charge in [0.05, 0.1) is 30.0 Å². The molecule has 194 valence electrons. The molecule has 0 bridgehead atoms. The zero-order chi connectivity index (χ0) is 27.5. The number of fused-ring (bicyclic) bond motifs is 4. The third kappa shape index (κ3) is 3.65. The molecule has 6 rings (SSSR count). The van der Waals surface area contributed by atoms with E-state index in [-0.39, 0.29) is 11.6 Å². The monoisotopic (exact) mass is 522 g/mol. The van der Waals surface area contributed by atoms with Gasteiger partial charge in [0.15, 0.2) is 0 Å². The maximum absolute atomic E-state index is 13.9. The second-order valence-electron chi connectivity index (χ2n) is 9.54. The van der Waals surface area contributed by atoms with Crippen LogP contribution in [0, 0.1) is 5.82 Å². The molecule has 0 saturated heterocycles. The minimum absolute atomic E-state index is 0.0904. The number of nitrogens with one attached hydrogen (secondary N) is 1. The normalized spacial score (nSPS) is 16.5. The highest BCUT2D eigenvalue weighted by Gasteiger charge is 2.49. The summed E-state index contributed by atoms with van der Waals surface area (Å²) in [4.78, 5) is 45.7. The third-order valence-corrected chi connectivity index (χ3v) is 7.17. The lowest BCUT2D eigenvalue weighted by Gasteiger charge is -2.26. The summed E-state index contributed by atoms with van der Waals surface area (Å²) in [7, 11) is 1.52. The maximum atomic E-state index is 13.9. The number of ether oxygens (including phenoxy) is 1. The van der Waals surface area contributed by atoms with Crippen molar-refractivity contribution < 1.29 is 23.5 Å². The molecule has 39 heavy (non-hydrogen) atoms. The molecule has 3 heterocycles. The smallest absolute Gasteiger partial charge is 0.271 e. The first-order valence-electron chi connectivity index (χ1n) is 12.2. The number of pyridine rings is 1. The van der Waals surface area contributed by atoms with Gasteiger partial charge >= 0.3 is 0 Å². The van der Waals surface area contributed by atoms with Crippen LogP contribution in [0.25, 0.3) is 21.8 Å². The Morgan fingerprint density at radius 1 is 0.974 bits per heavy atom. The van der Waals surface area contributed by atoms with E-state index in [9.17, 15) is 18.8 Å². The largest absolute Gasteiger partial charge is 0.497 e. The molecule has 0 fully saturated rings. The van der Waals surface area contributed by atoms with Crippen molar-refractivity contribution in [3.8, 4) is 5.75 Å². The lowest BCUT2D eigenvalue weighted by Crippen LogP contribution is -2.50. The summed E-state index contributed by atoms with van der Waals surface area (Å²) in [6.45, 7) is 3.09. The molecule has 9 heteroatoms. The molecule has 1 atom stereocenters. The average molecular weight is 523 g/mol. The topological polar surface area (TPSA) is 93.5 Å². The van der Waals surface area contributed by atoms with E-state index in [1.54, 1.807) is 35.8 Å². The first kappa shape index (κ1) is 24.3. The fraction of sp³-hybridized carbons (Fsp3) is 0.133. The van der Waals surface area contributed by atoms with Gasteiger partial charge in [-0.25, -0.2) is 9.37 Å². The minimum Gasteiger partial charge on any atom is -0.497 e. The van der Waals surface area contributed by atoms with Crippen molar-refractivity contribution in [3.63, 3.8) is 0 Å². The van der Waals surface area contributed by atoms with Gasteiger partial charge in [0.25, 0.3) is 11.8 Å². The zero-order valence-corrected chi connectivity index (χ0v) is 21.4. The van der Waals surface area contributed by atoms with Crippen LogP contribution in [0.15, 0.2) is 79.0 Å². The van der Waals surface area contributed by atoms with Crippen LogP contribution in [0.5, 0.6) is 5.75 Å². The van der Waals surface area contributed by atoms with Crippen LogP contribution < -0.4 is 15.0 Å². The van der Waals surface area contributed by atoms with Gasteiger partial charge in [0.1, 0.15) is 22.8 Å². The van der Waals surface area contributed by atoms with Gasteiger partial charge in [0.2, 0.25) is 5.91 Å². The first-order chi connectivity index (χ1) is 18.7. The number of aromatic nitrogens is 2. The van der Waals surface area contributed by atoms with Crippen molar-refractivity contribution in [2.75, 3.05) is 12.0 Å². The number of methoxy groups -OCH3 is 1. The molecular formula is C30H23FN4O4. The van der Waals surface area contributed by atoms with Gasteiger partial charge in [-0.1, -0.05) is 18.2 Å². The average Bonchev–Trinajstić information content (AvgIpc) is 3.38. The molecule has 0 spiro atoms. The number of para-hydroxylation sites is 1. The summed E-state index contributed by atoms with van der Waals surface area (Å²) >= 11 is 0. The van der Waals surface area contributed by atoms with Crippen LogP contribution in [0.1, 0.15) is 34.7 Å². The van der Waals surface area contributed by atoms with Gasteiger partial charge in [-0.3, -0.25) is 23.9 Å². The summed E-state index contributed by atoms with van der Waals surface area (Å²) < 4.78 is 20.6. The number of halogens is 1. The summed E-state index contributed by atoms with van der Waals surface area (Å²) in [6.07, 6.45) is 1.49. The molecule has 3 aromatic carbocycles. The Kier molecular flexibility index (Phi) is 5.46. The standard InChI is InChI=1S/C30H23FN4O4/c1-17(36)34-25-7-5-4-6-21(25)22-15-24(32-16-27(22)34)28(37)33-30(2)23-14-20(39-3)12-13-26(23)35(29(30)38)19-10-8-18(31)9-11-19/h4-16H,1-3H3,(H,33,37)/t30-/m1/s1. The second-order valence-corrected chi connectivity index (χ2v) is 9.54. The molecule has 1 aliphatic rings. The molecule has 0 unspecified atom stereocenters. The SMILES string of the molecule is COc1ccc2c(c1)[C@@](C)(NC(=O)c1cc3c4ccccc4n(C(C)=O)c3cn1)C(=O)N2c1ccc(F)cc1. The van der Waals surface area contributed by atoms with Crippen molar-refractivity contribution in [2.24, 2.45) is 0 Å². The van der Waals surface area contributed by atoms with Crippen LogP contribution in [0.4, 0.5) is 15.8 Å². The van der Waals surface area contributed by atoms with Crippen LogP contribution in [0.3, 0.4) is 0 Å². The number of hydrogen-bond donors (Lipinski definition) is 1. The predicted octanol–water partition coefficient (Wildman–Crippen LogP) is 5.32. The number of benzene rings is 3. The highest BCUT2D eigenvalue weighted by atomic mass is 19.1. The molecule has 1 aliphatic heterocycles. The number of carbonyl (C=O) groups excluding carboxylic acids is 3. The van der Waals surface area contributed by atoms with Gasteiger partial charge in [-0.2, -0.15) is 0 Å². The van der Waals surface area contributed by atoms with Gasteiger partial charge in [0, 0.05) is 28.9 Å². The van der Waals surface area contributed by atoms with Crippen LogP contribution in [-0.4, -0.2) is 34.4 Å². The van der Waals surface area contributed by atoms with E-state index in [1.807, 2.05) is 24.3 Å². The highest BCUT2D eigenvalue weighted by molar-refractivity contribution is 6.16. The lowest BCUT2D eigenvalue weighted by molar-refractivity contribution is -0.122. The van der Waals surface area contributed by atoms with Crippen molar-refractivity contribution in [1.82, 2.24) is 14.9 Å². The quantitative estimate of drug-likeness (QED) is 0.345. The van der Waals surface area contributed by atoms with Gasteiger partial charge in [-0.15, -0.1) is 0 Å². The predicted molar refractivity (Wildman–Crippen MR) is 145 cm³/mol. The fourth-order valence-electron chi connectivity index (χ4n) is 5.28. The van der Waals surface area contributed by atoms with E-state index in [0.717, 1.165) is 5.39 Å². The van der Waals surface area contributed by atoms with Crippen molar-refractivity contribution in [1.29, 1.82) is 0 Å². The Morgan fingerprint density at radius 2 is 1.72 bits per heavy atom. The molecule has 8 nitrogen and oxygen atoms in total. The van der Waals surface area contributed by atoms with Crippen molar-refractivity contribution in [2.45, 2.75) is 19.4 Å². The highest BCUT2D eigenvalue weighted by Crippen LogP contribution is 2.45. The molecule has 0 radical (unpaired) electrons. The number of amides is 2. The minimum atomic E-state index is -1.47. The van der Waals surface area contributed by atoms with Gasteiger partial charge < -0.3 is 10.1 Å². The van der Waals surface area contributed by atoms with E-state index < -0.39 is 23.2 Å². The first-order valence-corrected chi connectivity index (χ1v) is 12.2. The summed E-state index contributed by atoms with van der Waals surface area (Å²) in [5.74, 6) is -1.07. The molecule has 0 aliphatic carbocycles. The number of nitrogens with zero attached hydrogens (tertiary/aromatic N) is 3. The summed E-state index contributed by atoms with van der Waals surface area (Å²) in [6, 6.07) is 19.8. The van der Waals surface area contributed by atoms with E-state index in [2.05, 4.69) is 10.3 Å². The molecule has 0 saturated carbocycles. The van der Waals surface area contributed by atoms with E-state index in [4.69, 9.17) is 4.74 Å². The lowest BCUT2D eigenvalue weighted by atomic mass is 9.93. The Labute approximate surface area is 222 Å². The van der Waals surface area contributed by atoms with E-state index in [0.29, 0.717) is 39.1 Å². The van der Waals surface area contributed by atoms with Gasteiger partial charge in [-0.05, 0) is 61.5 Å². The zero-order valence-electron chi connectivity index (χ0n) is 21.4.